The lowest BCUT2D eigenvalue weighted by atomic mass is 9.94. The van der Waals surface area contributed by atoms with Crippen LogP contribution in [0.5, 0.6) is 0 Å². The molecule has 1 saturated heterocycles. The lowest BCUT2D eigenvalue weighted by Gasteiger charge is -2.30. The van der Waals surface area contributed by atoms with Crippen LogP contribution in [0.3, 0.4) is 0 Å². The number of benzene rings is 1. The van der Waals surface area contributed by atoms with Crippen LogP contribution in [0.15, 0.2) is 24.3 Å². The summed E-state index contributed by atoms with van der Waals surface area (Å²) in [6, 6.07) is 7.82. The third-order valence-corrected chi connectivity index (χ3v) is 5.76. The fourth-order valence-electron chi connectivity index (χ4n) is 3.31. The smallest absolute Gasteiger partial charge is 0.242 e. The van der Waals surface area contributed by atoms with E-state index in [9.17, 15) is 9.59 Å². The number of aryl methyl sites for hydroxylation is 1. The molecule has 6 heteroatoms. The molecule has 140 valence electrons. The molecule has 26 heavy (non-hydrogen) atoms. The Balaban J connectivity index is 1.48. The van der Waals surface area contributed by atoms with Crippen molar-refractivity contribution in [2.45, 2.75) is 52.5 Å². The van der Waals surface area contributed by atoms with Crippen LogP contribution in [0.1, 0.15) is 45.0 Å². The maximum atomic E-state index is 12.5. The highest BCUT2D eigenvalue weighted by Crippen LogP contribution is 2.25. The van der Waals surface area contributed by atoms with Crippen LogP contribution in [0, 0.1) is 5.41 Å². The first-order valence-electron chi connectivity index (χ1n) is 9.29. The molecule has 1 unspecified atom stereocenters. The van der Waals surface area contributed by atoms with E-state index in [2.05, 4.69) is 16.4 Å². The number of thiazole rings is 1. The first-order valence-corrected chi connectivity index (χ1v) is 10.1. The number of para-hydroxylation sites is 1. The van der Waals surface area contributed by atoms with Gasteiger partial charge in [-0.25, -0.2) is 4.98 Å². The second-order valence-electron chi connectivity index (χ2n) is 7.88. The van der Waals surface area contributed by atoms with Crippen molar-refractivity contribution in [2.75, 3.05) is 13.1 Å². The molecule has 3 rings (SSSR count). The Kier molecular flexibility index (Phi) is 5.61. The number of nitrogens with zero attached hydrogens (tertiary/aromatic N) is 2. The van der Waals surface area contributed by atoms with E-state index < -0.39 is 5.41 Å². The summed E-state index contributed by atoms with van der Waals surface area (Å²) in [5.41, 5.74) is 0.592. The number of amides is 2. The van der Waals surface area contributed by atoms with E-state index in [-0.39, 0.29) is 17.9 Å². The lowest BCUT2D eigenvalue weighted by Crippen LogP contribution is -2.49. The van der Waals surface area contributed by atoms with Gasteiger partial charge < -0.3 is 10.2 Å². The number of fused-ring (bicyclic) bond motifs is 1. The molecule has 0 saturated carbocycles. The van der Waals surface area contributed by atoms with Gasteiger partial charge in [-0.1, -0.05) is 32.9 Å². The molecule has 2 aromatic rings. The van der Waals surface area contributed by atoms with E-state index in [1.54, 1.807) is 16.2 Å². The molecule has 1 aromatic heterocycles. The lowest BCUT2D eigenvalue weighted by molar-refractivity contribution is -0.144. The van der Waals surface area contributed by atoms with Crippen molar-refractivity contribution in [1.29, 1.82) is 0 Å². The minimum atomic E-state index is -0.449. The van der Waals surface area contributed by atoms with Crippen molar-refractivity contribution in [2.24, 2.45) is 5.41 Å². The quantitative estimate of drug-likeness (QED) is 0.817. The summed E-state index contributed by atoms with van der Waals surface area (Å²) in [5, 5.41) is 4.11. The molecule has 1 atom stereocenters. The zero-order valence-corrected chi connectivity index (χ0v) is 16.6. The summed E-state index contributed by atoms with van der Waals surface area (Å²) in [6.07, 6.45) is 3.36. The van der Waals surface area contributed by atoms with E-state index in [4.69, 9.17) is 0 Å². The van der Waals surface area contributed by atoms with Crippen LogP contribution in [0.4, 0.5) is 0 Å². The van der Waals surface area contributed by atoms with Gasteiger partial charge in [-0.15, -0.1) is 11.3 Å². The standard InChI is InChI=1S/C20H27N3O2S/c1-20(2,3)19(25)23-13-7-9-15(23)18(24)21-12-6-11-17-22-14-8-4-5-10-16(14)26-17/h4-5,8,10,15H,6-7,9,11-13H2,1-3H3,(H,21,24). The predicted molar refractivity (Wildman–Crippen MR) is 105 cm³/mol. The first-order chi connectivity index (χ1) is 12.4. The molecule has 1 N–H and O–H groups in total. The third kappa shape index (κ3) is 4.23. The van der Waals surface area contributed by atoms with Gasteiger partial charge in [0.05, 0.1) is 15.2 Å². The van der Waals surface area contributed by atoms with Gasteiger partial charge in [0.1, 0.15) is 6.04 Å². The van der Waals surface area contributed by atoms with Gasteiger partial charge in [-0.3, -0.25) is 9.59 Å². The maximum Gasteiger partial charge on any atom is 0.242 e. The van der Waals surface area contributed by atoms with E-state index >= 15 is 0 Å². The molecule has 1 fully saturated rings. The number of aromatic nitrogens is 1. The highest BCUT2D eigenvalue weighted by atomic mass is 32.1. The zero-order chi connectivity index (χ0) is 18.7. The van der Waals surface area contributed by atoms with Crippen molar-refractivity contribution in [1.82, 2.24) is 15.2 Å². The highest BCUT2D eigenvalue weighted by Gasteiger charge is 2.38. The van der Waals surface area contributed by atoms with Gasteiger partial charge in [-0.05, 0) is 31.4 Å². The minimum absolute atomic E-state index is 0.0237. The van der Waals surface area contributed by atoms with E-state index in [1.807, 2.05) is 39.0 Å². The van der Waals surface area contributed by atoms with Crippen molar-refractivity contribution in [3.8, 4) is 0 Å². The number of rotatable bonds is 5. The largest absolute Gasteiger partial charge is 0.354 e. The topological polar surface area (TPSA) is 62.3 Å². The molecule has 5 nitrogen and oxygen atoms in total. The van der Waals surface area contributed by atoms with Crippen LogP contribution >= 0.6 is 11.3 Å². The average molecular weight is 374 g/mol. The number of carbonyl (C=O) groups excluding carboxylic acids is 2. The van der Waals surface area contributed by atoms with Crippen molar-refractivity contribution in [3.63, 3.8) is 0 Å². The molecule has 1 aliphatic heterocycles. The molecule has 0 radical (unpaired) electrons. The Hall–Kier alpha value is -1.95. The van der Waals surface area contributed by atoms with Crippen LogP contribution in [0.25, 0.3) is 10.2 Å². The number of likely N-dealkylation sites (tertiary alicyclic amines) is 1. The molecule has 0 bridgehead atoms. The number of hydrogen-bond donors (Lipinski definition) is 1. The van der Waals surface area contributed by atoms with Gasteiger partial charge in [0.25, 0.3) is 0 Å². The van der Waals surface area contributed by atoms with Crippen LogP contribution in [-0.2, 0) is 16.0 Å². The van der Waals surface area contributed by atoms with Crippen molar-refractivity contribution >= 4 is 33.4 Å². The number of hydrogen-bond acceptors (Lipinski definition) is 4. The Morgan fingerprint density at radius 3 is 2.81 bits per heavy atom. The first kappa shape index (κ1) is 18.8. The number of carbonyl (C=O) groups is 2. The maximum absolute atomic E-state index is 12.5. The Morgan fingerprint density at radius 2 is 2.08 bits per heavy atom. The second-order valence-corrected chi connectivity index (χ2v) is 8.99. The van der Waals surface area contributed by atoms with E-state index in [1.165, 1.54) is 4.70 Å². The van der Waals surface area contributed by atoms with Crippen LogP contribution in [-0.4, -0.2) is 40.8 Å². The average Bonchev–Trinajstić information content (AvgIpc) is 3.23. The van der Waals surface area contributed by atoms with Crippen molar-refractivity contribution in [3.05, 3.63) is 29.3 Å². The molecule has 0 aliphatic carbocycles. The number of nitrogens with one attached hydrogen (secondary N) is 1. The monoisotopic (exact) mass is 373 g/mol. The van der Waals surface area contributed by atoms with Gasteiger partial charge >= 0.3 is 0 Å². The SMILES string of the molecule is CC(C)(C)C(=O)N1CCCC1C(=O)NCCCc1nc2ccccc2s1. The molecule has 1 aromatic carbocycles. The predicted octanol–water partition coefficient (Wildman–Crippen LogP) is 3.38. The molecule has 2 heterocycles. The summed E-state index contributed by atoms with van der Waals surface area (Å²) in [4.78, 5) is 31.4. The summed E-state index contributed by atoms with van der Waals surface area (Å²) in [6.45, 7) is 7.00. The molecule has 2 amide bonds. The summed E-state index contributed by atoms with van der Waals surface area (Å²) in [5.74, 6) is 0.0361. The Labute approximate surface area is 158 Å². The van der Waals surface area contributed by atoms with Crippen molar-refractivity contribution < 1.29 is 9.59 Å². The third-order valence-electron chi connectivity index (χ3n) is 4.66. The molecule has 0 spiro atoms. The minimum Gasteiger partial charge on any atom is -0.354 e. The van der Waals surface area contributed by atoms with Gasteiger partial charge in [0.2, 0.25) is 11.8 Å². The summed E-state index contributed by atoms with van der Waals surface area (Å²) < 4.78 is 1.20. The zero-order valence-electron chi connectivity index (χ0n) is 15.7. The molecular weight excluding hydrogens is 346 g/mol. The fourth-order valence-corrected chi connectivity index (χ4v) is 4.32. The van der Waals surface area contributed by atoms with Gasteiger partial charge in [0, 0.05) is 24.9 Å². The second kappa shape index (κ2) is 7.74. The molecular formula is C20H27N3O2S. The van der Waals surface area contributed by atoms with Crippen LogP contribution < -0.4 is 5.32 Å². The normalized spacial score (nSPS) is 17.7. The summed E-state index contributed by atoms with van der Waals surface area (Å²) >= 11 is 1.71. The van der Waals surface area contributed by atoms with Gasteiger partial charge in [-0.2, -0.15) is 0 Å². The molecule has 1 aliphatic rings. The van der Waals surface area contributed by atoms with E-state index in [0.717, 1.165) is 36.2 Å². The van der Waals surface area contributed by atoms with E-state index in [0.29, 0.717) is 13.1 Å². The van der Waals surface area contributed by atoms with Gasteiger partial charge in [0.15, 0.2) is 0 Å². The van der Waals surface area contributed by atoms with Crippen LogP contribution in [0.2, 0.25) is 0 Å². The Bertz CT molecular complexity index is 761. The summed E-state index contributed by atoms with van der Waals surface area (Å²) in [7, 11) is 0. The fraction of sp³-hybridized carbons (Fsp3) is 0.550. The Morgan fingerprint density at radius 1 is 1.31 bits per heavy atom. The highest BCUT2D eigenvalue weighted by molar-refractivity contribution is 7.18.